The van der Waals surface area contributed by atoms with Crippen molar-refractivity contribution in [2.24, 2.45) is 0 Å². The van der Waals surface area contributed by atoms with Gasteiger partial charge in [0.05, 0.1) is 11.3 Å². The number of aromatic amines is 1. The number of carbonyl (C=O) groups is 1. The molecule has 0 aliphatic carbocycles. The van der Waals surface area contributed by atoms with Crippen LogP contribution in [0.15, 0.2) is 66.7 Å². The Morgan fingerprint density at radius 2 is 1.62 bits per heavy atom. The van der Waals surface area contributed by atoms with Gasteiger partial charge in [-0.25, -0.2) is 0 Å². The van der Waals surface area contributed by atoms with Crippen molar-refractivity contribution < 1.29 is 23.1 Å². The molecule has 4 rings (SSSR count). The van der Waals surface area contributed by atoms with E-state index in [-0.39, 0.29) is 6.47 Å². The molecule has 1 aromatic heterocycles. The zero-order chi connectivity index (χ0) is 24.9. The molecule has 0 aliphatic rings. The largest absolute Gasteiger partial charge is 0.483 e. The number of nitrogens with one attached hydrogen (secondary N) is 2. The molecule has 0 unspecified atom stereocenters. The average Bonchev–Trinajstić information content (AvgIpc) is 3.12. The lowest BCUT2D eigenvalue weighted by molar-refractivity contribution is -0.137. The maximum absolute atomic E-state index is 13.5. The van der Waals surface area contributed by atoms with Crippen LogP contribution in [0.2, 0.25) is 0 Å². The minimum absolute atomic E-state index is 0.250. The molecule has 8 heteroatoms. The molecule has 178 valence electrons. The second-order valence-electron chi connectivity index (χ2n) is 8.17. The maximum Gasteiger partial charge on any atom is 0.416 e. The Morgan fingerprint density at radius 1 is 1.00 bits per heavy atom. The summed E-state index contributed by atoms with van der Waals surface area (Å²) in [7, 11) is 3.67. The van der Waals surface area contributed by atoms with Crippen molar-refractivity contribution >= 4 is 28.7 Å². The summed E-state index contributed by atoms with van der Waals surface area (Å²) >= 11 is 0. The molecule has 0 radical (unpaired) electrons. The molecular formula is C26H26F3N3O2. The van der Waals surface area contributed by atoms with E-state index in [1.807, 2.05) is 74.4 Å². The number of hydrogen-bond donors (Lipinski definition) is 3. The van der Waals surface area contributed by atoms with Crippen molar-refractivity contribution in [2.75, 3.05) is 19.4 Å². The predicted molar refractivity (Wildman–Crippen MR) is 129 cm³/mol. The van der Waals surface area contributed by atoms with E-state index < -0.39 is 11.7 Å². The van der Waals surface area contributed by atoms with Gasteiger partial charge in [-0.05, 0) is 50.3 Å². The second kappa shape index (κ2) is 10.4. The Labute approximate surface area is 195 Å². The van der Waals surface area contributed by atoms with E-state index in [0.29, 0.717) is 23.6 Å². The molecule has 0 spiro atoms. The Kier molecular flexibility index (Phi) is 7.63. The van der Waals surface area contributed by atoms with Crippen LogP contribution in [0.4, 0.5) is 24.7 Å². The number of anilines is 2. The molecule has 3 aromatic carbocycles. The third-order valence-corrected chi connectivity index (χ3v) is 5.14. The summed E-state index contributed by atoms with van der Waals surface area (Å²) in [5, 5.41) is 12.0. The lowest BCUT2D eigenvalue weighted by Gasteiger charge is -2.16. The van der Waals surface area contributed by atoms with E-state index in [0.717, 1.165) is 33.7 Å². The summed E-state index contributed by atoms with van der Waals surface area (Å²) in [5.41, 5.74) is 3.44. The van der Waals surface area contributed by atoms with Crippen molar-refractivity contribution in [1.29, 1.82) is 0 Å². The highest BCUT2D eigenvalue weighted by atomic mass is 19.4. The second-order valence-corrected chi connectivity index (χ2v) is 8.17. The van der Waals surface area contributed by atoms with E-state index in [2.05, 4.69) is 10.3 Å². The number of halogens is 3. The SMILES string of the molecule is Cc1ccc(-c2[nH]c(Nc3cc(CN(C)C)cc(C(F)(F)F)c3)c3ccccc23)cc1.O=CO. The van der Waals surface area contributed by atoms with E-state index in [9.17, 15) is 13.2 Å². The third kappa shape index (κ3) is 5.96. The van der Waals surface area contributed by atoms with Crippen LogP contribution in [0.3, 0.4) is 0 Å². The zero-order valence-corrected chi connectivity index (χ0v) is 19.1. The maximum atomic E-state index is 13.5. The Balaban J connectivity index is 0.00000103. The van der Waals surface area contributed by atoms with Crippen molar-refractivity contribution in [3.8, 4) is 11.3 Å². The van der Waals surface area contributed by atoms with Crippen LogP contribution in [-0.2, 0) is 17.5 Å². The van der Waals surface area contributed by atoms with Crippen molar-refractivity contribution in [2.45, 2.75) is 19.6 Å². The summed E-state index contributed by atoms with van der Waals surface area (Å²) in [4.78, 5) is 13.6. The van der Waals surface area contributed by atoms with E-state index >= 15 is 0 Å². The fraction of sp³-hybridized carbons (Fsp3) is 0.192. The predicted octanol–water partition coefficient (Wildman–Crippen LogP) is 6.67. The minimum atomic E-state index is -4.41. The molecule has 0 saturated carbocycles. The number of benzene rings is 3. The van der Waals surface area contributed by atoms with Crippen molar-refractivity contribution in [3.63, 3.8) is 0 Å². The number of alkyl halides is 3. The van der Waals surface area contributed by atoms with E-state index in [4.69, 9.17) is 9.90 Å². The summed E-state index contributed by atoms with van der Waals surface area (Å²) < 4.78 is 40.5. The molecular weight excluding hydrogens is 443 g/mol. The summed E-state index contributed by atoms with van der Waals surface area (Å²) in [5.74, 6) is 0.668. The highest BCUT2D eigenvalue weighted by molar-refractivity contribution is 6.04. The Morgan fingerprint density at radius 3 is 2.21 bits per heavy atom. The van der Waals surface area contributed by atoms with Crippen LogP contribution in [0.5, 0.6) is 0 Å². The summed E-state index contributed by atoms with van der Waals surface area (Å²) in [6.07, 6.45) is -4.41. The molecule has 0 atom stereocenters. The van der Waals surface area contributed by atoms with Gasteiger partial charge in [0.1, 0.15) is 5.82 Å². The molecule has 0 bridgehead atoms. The Bertz CT molecular complexity index is 1260. The van der Waals surface area contributed by atoms with Crippen LogP contribution in [-0.4, -0.2) is 35.6 Å². The summed E-state index contributed by atoms with van der Waals surface area (Å²) in [6, 6.07) is 20.1. The molecule has 4 aromatic rings. The van der Waals surface area contributed by atoms with E-state index in [1.54, 1.807) is 6.07 Å². The van der Waals surface area contributed by atoms with Crippen LogP contribution in [0.25, 0.3) is 22.0 Å². The molecule has 5 nitrogen and oxygen atoms in total. The fourth-order valence-electron chi connectivity index (χ4n) is 3.75. The van der Waals surface area contributed by atoms with Gasteiger partial charge in [0.15, 0.2) is 0 Å². The van der Waals surface area contributed by atoms with Gasteiger partial charge in [0.25, 0.3) is 6.47 Å². The number of rotatable bonds is 5. The van der Waals surface area contributed by atoms with Gasteiger partial charge < -0.3 is 20.3 Å². The van der Waals surface area contributed by atoms with Gasteiger partial charge in [0.2, 0.25) is 0 Å². The first kappa shape index (κ1) is 24.9. The molecule has 0 amide bonds. The van der Waals surface area contributed by atoms with E-state index in [1.165, 1.54) is 6.07 Å². The average molecular weight is 470 g/mol. The van der Waals surface area contributed by atoms with Gasteiger partial charge in [-0.15, -0.1) is 0 Å². The van der Waals surface area contributed by atoms with Crippen LogP contribution >= 0.6 is 0 Å². The smallest absolute Gasteiger partial charge is 0.416 e. The van der Waals surface area contributed by atoms with Crippen LogP contribution in [0.1, 0.15) is 16.7 Å². The standard InChI is InChI=1S/C25H24F3N3.CH2O2/c1-16-8-10-18(11-9-16)23-21-6-4-5-7-22(21)24(30-23)29-20-13-17(15-31(2)3)12-19(14-20)25(26,27)28;2-1-3/h4-14,29-30H,15H2,1-3H3;1H,(H,2,3). The third-order valence-electron chi connectivity index (χ3n) is 5.14. The lowest BCUT2D eigenvalue weighted by Crippen LogP contribution is -2.13. The van der Waals surface area contributed by atoms with Gasteiger partial charge in [0, 0.05) is 23.0 Å². The highest BCUT2D eigenvalue weighted by Crippen LogP contribution is 2.37. The van der Waals surface area contributed by atoms with Crippen LogP contribution in [0, 0.1) is 6.92 Å². The number of H-pyrrole nitrogens is 1. The highest BCUT2D eigenvalue weighted by Gasteiger charge is 2.31. The normalized spacial score (nSPS) is 11.3. The first-order valence-electron chi connectivity index (χ1n) is 10.5. The van der Waals surface area contributed by atoms with Crippen molar-refractivity contribution in [3.05, 3.63) is 83.4 Å². The number of aryl methyl sites for hydroxylation is 1. The number of hydrogen-bond acceptors (Lipinski definition) is 3. The lowest BCUT2D eigenvalue weighted by atomic mass is 10.1. The molecule has 3 N–H and O–H groups in total. The monoisotopic (exact) mass is 469 g/mol. The number of nitrogens with zero attached hydrogens (tertiary/aromatic N) is 1. The van der Waals surface area contributed by atoms with Crippen molar-refractivity contribution in [1.82, 2.24) is 9.88 Å². The number of fused-ring (bicyclic) bond motifs is 1. The van der Waals surface area contributed by atoms with Crippen LogP contribution < -0.4 is 5.32 Å². The molecule has 34 heavy (non-hydrogen) atoms. The van der Waals surface area contributed by atoms with Gasteiger partial charge in [-0.1, -0.05) is 54.1 Å². The molecule has 0 aliphatic heterocycles. The van der Waals surface area contributed by atoms with Gasteiger partial charge in [-0.3, -0.25) is 4.79 Å². The van der Waals surface area contributed by atoms with Gasteiger partial charge in [-0.2, -0.15) is 13.2 Å². The quantitative estimate of drug-likeness (QED) is 0.286. The molecule has 1 heterocycles. The Hall–Kier alpha value is -3.78. The zero-order valence-electron chi connectivity index (χ0n) is 19.1. The first-order chi connectivity index (χ1) is 16.1. The van der Waals surface area contributed by atoms with Gasteiger partial charge >= 0.3 is 6.18 Å². The number of carboxylic acid groups (broad SMARTS) is 1. The fourth-order valence-corrected chi connectivity index (χ4v) is 3.75. The first-order valence-corrected chi connectivity index (χ1v) is 10.5. The minimum Gasteiger partial charge on any atom is -0.483 e. The molecule has 0 fully saturated rings. The topological polar surface area (TPSA) is 68.4 Å². The molecule has 0 saturated heterocycles. The summed E-state index contributed by atoms with van der Waals surface area (Å²) in [6.45, 7) is 2.20. The number of aromatic nitrogens is 1.